The van der Waals surface area contributed by atoms with Gasteiger partial charge in [0.05, 0.1) is 6.42 Å². The molecule has 130 valence electrons. The average Bonchev–Trinajstić information content (AvgIpc) is 2.62. The van der Waals surface area contributed by atoms with Gasteiger partial charge in [0.15, 0.2) is 0 Å². The maximum Gasteiger partial charge on any atom is 0.226 e. The molecule has 2 amide bonds. The van der Waals surface area contributed by atoms with E-state index in [1.54, 1.807) is 12.1 Å². The number of hydrogen-bond acceptors (Lipinski definition) is 2. The number of amides is 2. The summed E-state index contributed by atoms with van der Waals surface area (Å²) >= 11 is 0. The van der Waals surface area contributed by atoms with Crippen LogP contribution in [0.5, 0.6) is 0 Å². The Balaban J connectivity index is 1.49. The zero-order chi connectivity index (χ0) is 16.9. The quantitative estimate of drug-likeness (QED) is 0.854. The molecule has 0 N–H and O–H groups in total. The third-order valence-corrected chi connectivity index (χ3v) is 5.11. The molecule has 1 aromatic carbocycles. The Kier molecular flexibility index (Phi) is 5.48. The van der Waals surface area contributed by atoms with Crippen LogP contribution in [-0.4, -0.2) is 47.8 Å². The van der Waals surface area contributed by atoms with E-state index in [1.807, 2.05) is 9.80 Å². The van der Waals surface area contributed by atoms with Crippen LogP contribution in [0.15, 0.2) is 24.3 Å². The molecule has 0 atom stereocenters. The van der Waals surface area contributed by atoms with Crippen LogP contribution < -0.4 is 0 Å². The lowest BCUT2D eigenvalue weighted by Crippen LogP contribution is -2.46. The summed E-state index contributed by atoms with van der Waals surface area (Å²) in [5.74, 6) is 0.0313. The van der Waals surface area contributed by atoms with Crippen LogP contribution in [-0.2, 0) is 16.0 Å². The zero-order valence-electron chi connectivity index (χ0n) is 14.0. The molecule has 0 saturated carbocycles. The predicted molar refractivity (Wildman–Crippen MR) is 89.8 cm³/mol. The molecule has 0 unspecified atom stereocenters. The molecular weight excluding hydrogens is 307 g/mol. The highest BCUT2D eigenvalue weighted by Crippen LogP contribution is 2.22. The first-order chi connectivity index (χ1) is 11.6. The Morgan fingerprint density at radius 3 is 2.38 bits per heavy atom. The van der Waals surface area contributed by atoms with Crippen molar-refractivity contribution in [2.45, 2.75) is 38.5 Å². The second-order valence-corrected chi connectivity index (χ2v) is 6.85. The summed E-state index contributed by atoms with van der Waals surface area (Å²) in [5.41, 5.74) is 0.700. The van der Waals surface area contributed by atoms with E-state index >= 15 is 0 Å². The number of rotatable bonds is 3. The van der Waals surface area contributed by atoms with Gasteiger partial charge in [0, 0.05) is 32.1 Å². The van der Waals surface area contributed by atoms with E-state index in [9.17, 15) is 14.0 Å². The smallest absolute Gasteiger partial charge is 0.226 e. The van der Waals surface area contributed by atoms with Crippen molar-refractivity contribution in [2.24, 2.45) is 5.92 Å². The topological polar surface area (TPSA) is 40.6 Å². The van der Waals surface area contributed by atoms with Crippen LogP contribution >= 0.6 is 0 Å². The van der Waals surface area contributed by atoms with Gasteiger partial charge in [-0.2, -0.15) is 0 Å². The molecule has 0 bridgehead atoms. The highest BCUT2D eigenvalue weighted by atomic mass is 19.1. The number of piperidine rings is 2. The van der Waals surface area contributed by atoms with E-state index in [0.717, 1.165) is 38.8 Å². The molecule has 2 aliphatic rings. The number of benzene rings is 1. The number of carbonyl (C=O) groups is 2. The van der Waals surface area contributed by atoms with Gasteiger partial charge in [0.25, 0.3) is 0 Å². The molecule has 0 spiro atoms. The van der Waals surface area contributed by atoms with Gasteiger partial charge in [-0.15, -0.1) is 0 Å². The first-order valence-electron chi connectivity index (χ1n) is 8.94. The fourth-order valence-corrected chi connectivity index (χ4v) is 3.68. The molecule has 3 rings (SSSR count). The molecule has 24 heavy (non-hydrogen) atoms. The van der Waals surface area contributed by atoms with E-state index in [-0.39, 0.29) is 30.0 Å². The van der Waals surface area contributed by atoms with Crippen LogP contribution in [0.25, 0.3) is 0 Å². The SMILES string of the molecule is O=C(Cc1cccc(F)c1)N1CCC(C(=O)N2CCCCC2)CC1. The fraction of sp³-hybridized carbons (Fsp3) is 0.579. The fourth-order valence-electron chi connectivity index (χ4n) is 3.68. The van der Waals surface area contributed by atoms with Gasteiger partial charge in [0.2, 0.25) is 11.8 Å². The molecule has 5 heteroatoms. The third kappa shape index (κ3) is 4.13. The number of carbonyl (C=O) groups excluding carboxylic acids is 2. The minimum atomic E-state index is -0.314. The maximum absolute atomic E-state index is 13.2. The van der Waals surface area contributed by atoms with Gasteiger partial charge in [-0.1, -0.05) is 12.1 Å². The lowest BCUT2D eigenvalue weighted by Gasteiger charge is -2.35. The number of halogens is 1. The van der Waals surface area contributed by atoms with Crippen molar-refractivity contribution in [2.75, 3.05) is 26.2 Å². The van der Waals surface area contributed by atoms with Gasteiger partial charge >= 0.3 is 0 Å². The lowest BCUT2D eigenvalue weighted by molar-refractivity contribution is -0.141. The Hall–Kier alpha value is -1.91. The summed E-state index contributed by atoms with van der Waals surface area (Å²) in [6.07, 6.45) is 5.14. The Labute approximate surface area is 142 Å². The molecule has 1 aromatic rings. The largest absolute Gasteiger partial charge is 0.342 e. The number of nitrogens with zero attached hydrogens (tertiary/aromatic N) is 2. The van der Waals surface area contributed by atoms with E-state index in [2.05, 4.69) is 0 Å². The van der Waals surface area contributed by atoms with Crippen molar-refractivity contribution in [3.63, 3.8) is 0 Å². The molecule has 2 fully saturated rings. The third-order valence-electron chi connectivity index (χ3n) is 5.11. The summed E-state index contributed by atoms with van der Waals surface area (Å²) in [6, 6.07) is 6.19. The van der Waals surface area contributed by atoms with Gasteiger partial charge in [0.1, 0.15) is 5.82 Å². The summed E-state index contributed by atoms with van der Waals surface area (Å²) in [5, 5.41) is 0. The summed E-state index contributed by atoms with van der Waals surface area (Å²) in [7, 11) is 0. The van der Waals surface area contributed by atoms with Gasteiger partial charge < -0.3 is 9.80 Å². The highest BCUT2D eigenvalue weighted by molar-refractivity contribution is 5.81. The second-order valence-electron chi connectivity index (χ2n) is 6.85. The molecule has 0 aromatic heterocycles. The average molecular weight is 332 g/mol. The van der Waals surface area contributed by atoms with E-state index < -0.39 is 0 Å². The lowest BCUT2D eigenvalue weighted by atomic mass is 9.94. The van der Waals surface area contributed by atoms with Crippen molar-refractivity contribution < 1.29 is 14.0 Å². The number of likely N-dealkylation sites (tertiary alicyclic amines) is 2. The second kappa shape index (κ2) is 7.77. The minimum Gasteiger partial charge on any atom is -0.342 e. The molecule has 2 saturated heterocycles. The van der Waals surface area contributed by atoms with Crippen molar-refractivity contribution in [1.82, 2.24) is 9.80 Å². The molecule has 4 nitrogen and oxygen atoms in total. The van der Waals surface area contributed by atoms with Crippen LogP contribution in [0.2, 0.25) is 0 Å². The highest BCUT2D eigenvalue weighted by Gasteiger charge is 2.30. The summed E-state index contributed by atoms with van der Waals surface area (Å²) in [6.45, 7) is 3.02. The molecule has 2 heterocycles. The molecule has 2 aliphatic heterocycles. The molecule has 0 radical (unpaired) electrons. The van der Waals surface area contributed by atoms with Crippen LogP contribution in [0.1, 0.15) is 37.7 Å². The van der Waals surface area contributed by atoms with Crippen LogP contribution in [0, 0.1) is 11.7 Å². The van der Waals surface area contributed by atoms with Crippen LogP contribution in [0.4, 0.5) is 4.39 Å². The van der Waals surface area contributed by atoms with Crippen molar-refractivity contribution in [3.8, 4) is 0 Å². The first kappa shape index (κ1) is 16.9. The first-order valence-corrected chi connectivity index (χ1v) is 8.94. The van der Waals surface area contributed by atoms with Crippen molar-refractivity contribution in [1.29, 1.82) is 0 Å². The monoisotopic (exact) mass is 332 g/mol. The van der Waals surface area contributed by atoms with Gasteiger partial charge in [-0.05, 0) is 49.8 Å². The van der Waals surface area contributed by atoms with E-state index in [0.29, 0.717) is 18.7 Å². The maximum atomic E-state index is 13.2. The summed E-state index contributed by atoms with van der Waals surface area (Å²) in [4.78, 5) is 28.7. The van der Waals surface area contributed by atoms with E-state index in [1.165, 1.54) is 18.6 Å². The normalized spacial score (nSPS) is 19.4. The van der Waals surface area contributed by atoms with Gasteiger partial charge in [-0.3, -0.25) is 9.59 Å². The van der Waals surface area contributed by atoms with Crippen molar-refractivity contribution >= 4 is 11.8 Å². The summed E-state index contributed by atoms with van der Waals surface area (Å²) < 4.78 is 13.2. The minimum absolute atomic E-state index is 0.0180. The Bertz CT molecular complexity index is 591. The standard InChI is InChI=1S/C19H25FN2O2/c20-17-6-4-5-15(13-17)14-18(23)21-11-7-16(8-12-21)19(24)22-9-2-1-3-10-22/h4-6,13,16H,1-3,7-12,14H2. The Morgan fingerprint density at radius 1 is 1.00 bits per heavy atom. The van der Waals surface area contributed by atoms with Gasteiger partial charge in [-0.25, -0.2) is 4.39 Å². The zero-order valence-corrected chi connectivity index (χ0v) is 14.0. The van der Waals surface area contributed by atoms with E-state index in [4.69, 9.17) is 0 Å². The predicted octanol–water partition coefficient (Wildman–Crippen LogP) is 2.62. The number of hydrogen-bond donors (Lipinski definition) is 0. The molecule has 0 aliphatic carbocycles. The molecular formula is C19H25FN2O2. The van der Waals surface area contributed by atoms with Crippen LogP contribution in [0.3, 0.4) is 0 Å². The van der Waals surface area contributed by atoms with Crippen molar-refractivity contribution in [3.05, 3.63) is 35.6 Å². The Morgan fingerprint density at radius 2 is 1.71 bits per heavy atom.